The number of nitrogens with zero attached hydrogens (tertiary/aromatic N) is 5. The summed E-state index contributed by atoms with van der Waals surface area (Å²) in [4.78, 5) is 13.5. The molecule has 0 bridgehead atoms. The molecular formula is C17H27N7. The number of H-pyrrole nitrogens is 1. The van der Waals surface area contributed by atoms with Crippen LogP contribution in [0.3, 0.4) is 0 Å². The van der Waals surface area contributed by atoms with E-state index in [-0.39, 0.29) is 0 Å². The molecule has 0 radical (unpaired) electrons. The maximum Gasteiger partial charge on any atom is 0.226 e. The van der Waals surface area contributed by atoms with E-state index in [0.29, 0.717) is 6.04 Å². The average Bonchev–Trinajstić information content (AvgIpc) is 2.98. The molecular weight excluding hydrogens is 302 g/mol. The van der Waals surface area contributed by atoms with Gasteiger partial charge in [0.25, 0.3) is 0 Å². The van der Waals surface area contributed by atoms with Crippen molar-refractivity contribution < 1.29 is 0 Å². The highest BCUT2D eigenvalue weighted by molar-refractivity contribution is 5.45. The van der Waals surface area contributed by atoms with E-state index in [2.05, 4.69) is 42.5 Å². The fraction of sp³-hybridized carbons (Fsp3) is 0.588. The van der Waals surface area contributed by atoms with Crippen molar-refractivity contribution in [3.05, 3.63) is 29.2 Å². The second-order valence-corrected chi connectivity index (χ2v) is 6.75. The van der Waals surface area contributed by atoms with Gasteiger partial charge >= 0.3 is 0 Å². The lowest BCUT2D eigenvalue weighted by molar-refractivity contribution is 0.410. The van der Waals surface area contributed by atoms with Crippen molar-refractivity contribution >= 4 is 11.8 Å². The monoisotopic (exact) mass is 329 g/mol. The third kappa shape index (κ3) is 4.03. The Morgan fingerprint density at radius 2 is 1.96 bits per heavy atom. The van der Waals surface area contributed by atoms with Crippen molar-refractivity contribution in [3.8, 4) is 0 Å². The Bertz CT molecular complexity index is 671. The highest BCUT2D eigenvalue weighted by Gasteiger charge is 2.21. The predicted octanol–water partition coefficient (Wildman–Crippen LogP) is 1.64. The molecule has 7 heteroatoms. The van der Waals surface area contributed by atoms with Crippen LogP contribution >= 0.6 is 0 Å². The lowest BCUT2D eigenvalue weighted by Crippen LogP contribution is -2.42. The van der Waals surface area contributed by atoms with Crippen molar-refractivity contribution in [3.63, 3.8) is 0 Å². The smallest absolute Gasteiger partial charge is 0.226 e. The van der Waals surface area contributed by atoms with Gasteiger partial charge in [0.1, 0.15) is 5.82 Å². The summed E-state index contributed by atoms with van der Waals surface area (Å²) in [7, 11) is 3.96. The van der Waals surface area contributed by atoms with Crippen molar-refractivity contribution in [2.45, 2.75) is 39.3 Å². The molecule has 0 amide bonds. The third-order valence-electron chi connectivity index (χ3n) is 4.38. The van der Waals surface area contributed by atoms with E-state index in [1.165, 1.54) is 0 Å². The number of aromatic amines is 1. The lowest BCUT2D eigenvalue weighted by atomic mass is 10.0. The van der Waals surface area contributed by atoms with Crippen LogP contribution in [-0.2, 0) is 6.54 Å². The highest BCUT2D eigenvalue weighted by atomic mass is 15.3. The Morgan fingerprint density at radius 3 is 2.58 bits per heavy atom. The van der Waals surface area contributed by atoms with Crippen LogP contribution in [0.1, 0.15) is 29.9 Å². The van der Waals surface area contributed by atoms with Gasteiger partial charge in [-0.1, -0.05) is 0 Å². The van der Waals surface area contributed by atoms with Crippen LogP contribution in [0, 0.1) is 13.8 Å². The molecule has 0 aromatic carbocycles. The first-order valence-electron chi connectivity index (χ1n) is 8.53. The minimum Gasteiger partial charge on any atom is -0.356 e. The Hall–Kier alpha value is -2.15. The fourth-order valence-electron chi connectivity index (χ4n) is 3.03. The number of rotatable bonds is 5. The van der Waals surface area contributed by atoms with Crippen molar-refractivity contribution in [2.75, 3.05) is 37.0 Å². The molecule has 1 saturated heterocycles. The largest absolute Gasteiger partial charge is 0.356 e. The van der Waals surface area contributed by atoms with Crippen LogP contribution in [0.2, 0.25) is 0 Å². The molecule has 1 aliphatic heterocycles. The summed E-state index contributed by atoms with van der Waals surface area (Å²) in [5.41, 5.74) is 3.20. The minimum absolute atomic E-state index is 0.537. The zero-order valence-electron chi connectivity index (χ0n) is 15.0. The molecule has 0 atom stereocenters. The maximum absolute atomic E-state index is 4.68. The molecule has 0 unspecified atom stereocenters. The zero-order valence-corrected chi connectivity index (χ0v) is 15.0. The van der Waals surface area contributed by atoms with Gasteiger partial charge in [-0.05, 0) is 32.8 Å². The van der Waals surface area contributed by atoms with E-state index in [9.17, 15) is 0 Å². The Balaban J connectivity index is 1.55. The highest BCUT2D eigenvalue weighted by Crippen LogP contribution is 2.21. The first-order valence-corrected chi connectivity index (χ1v) is 8.53. The van der Waals surface area contributed by atoms with Gasteiger partial charge in [0.2, 0.25) is 5.95 Å². The standard InChI is InChI=1S/C17H27N7/c1-12-10-16(20-17(19-12)23(3)4)24-7-5-14(6-8-24)18-11-15-9-13(2)21-22-15/h9-10,14,18H,5-8,11H2,1-4H3,(H,21,22). The summed E-state index contributed by atoms with van der Waals surface area (Å²) in [5.74, 6) is 1.81. The van der Waals surface area contributed by atoms with Crippen LogP contribution in [0.4, 0.5) is 11.8 Å². The first kappa shape index (κ1) is 16.7. The molecule has 2 aromatic rings. The van der Waals surface area contributed by atoms with E-state index in [1.807, 2.05) is 32.8 Å². The summed E-state index contributed by atoms with van der Waals surface area (Å²) in [6.45, 7) is 6.91. The van der Waals surface area contributed by atoms with Gasteiger partial charge in [0.15, 0.2) is 0 Å². The molecule has 0 saturated carbocycles. The third-order valence-corrected chi connectivity index (χ3v) is 4.38. The van der Waals surface area contributed by atoms with Crippen LogP contribution in [0.25, 0.3) is 0 Å². The molecule has 3 heterocycles. The van der Waals surface area contributed by atoms with Gasteiger partial charge in [0, 0.05) is 57.2 Å². The van der Waals surface area contributed by atoms with Crippen molar-refractivity contribution in [1.29, 1.82) is 0 Å². The molecule has 1 aliphatic rings. The SMILES string of the molecule is Cc1cc(N2CCC(NCc3cc(C)[nH]n3)CC2)nc(N(C)C)n1. The summed E-state index contributed by atoms with van der Waals surface area (Å²) in [5, 5.41) is 10.9. The van der Waals surface area contributed by atoms with Gasteiger partial charge in [-0.25, -0.2) is 4.98 Å². The van der Waals surface area contributed by atoms with E-state index in [1.54, 1.807) is 0 Å². The van der Waals surface area contributed by atoms with Gasteiger partial charge in [-0.3, -0.25) is 5.10 Å². The van der Waals surface area contributed by atoms with Crippen LogP contribution in [-0.4, -0.2) is 53.4 Å². The van der Waals surface area contributed by atoms with Crippen LogP contribution in [0.5, 0.6) is 0 Å². The average molecular weight is 329 g/mol. The zero-order chi connectivity index (χ0) is 17.1. The minimum atomic E-state index is 0.537. The second kappa shape index (κ2) is 7.17. The Morgan fingerprint density at radius 1 is 1.21 bits per heavy atom. The number of hydrogen-bond acceptors (Lipinski definition) is 6. The number of hydrogen-bond donors (Lipinski definition) is 2. The molecule has 3 rings (SSSR count). The van der Waals surface area contributed by atoms with E-state index in [0.717, 1.165) is 61.3 Å². The fourth-order valence-corrected chi connectivity index (χ4v) is 3.03. The number of aryl methyl sites for hydroxylation is 2. The molecule has 7 nitrogen and oxygen atoms in total. The summed E-state index contributed by atoms with van der Waals surface area (Å²) >= 11 is 0. The normalized spacial score (nSPS) is 15.8. The van der Waals surface area contributed by atoms with Crippen LogP contribution in [0.15, 0.2) is 12.1 Å². The van der Waals surface area contributed by atoms with E-state index >= 15 is 0 Å². The van der Waals surface area contributed by atoms with Gasteiger partial charge in [0.05, 0.1) is 5.69 Å². The number of nitrogens with one attached hydrogen (secondary N) is 2. The van der Waals surface area contributed by atoms with Gasteiger partial charge in [-0.2, -0.15) is 10.1 Å². The topological polar surface area (TPSA) is 73.0 Å². The number of anilines is 2. The maximum atomic E-state index is 4.68. The molecule has 130 valence electrons. The second-order valence-electron chi connectivity index (χ2n) is 6.75. The molecule has 2 N–H and O–H groups in total. The van der Waals surface area contributed by atoms with Crippen LogP contribution < -0.4 is 15.1 Å². The number of piperidine rings is 1. The summed E-state index contributed by atoms with van der Waals surface area (Å²) in [6.07, 6.45) is 2.23. The Kier molecular flexibility index (Phi) is 4.99. The van der Waals surface area contributed by atoms with Crippen molar-refractivity contribution in [2.24, 2.45) is 0 Å². The lowest BCUT2D eigenvalue weighted by Gasteiger charge is -2.33. The van der Waals surface area contributed by atoms with Crippen molar-refractivity contribution in [1.82, 2.24) is 25.5 Å². The molecule has 2 aromatic heterocycles. The molecule has 0 aliphatic carbocycles. The van der Waals surface area contributed by atoms with Gasteiger partial charge < -0.3 is 15.1 Å². The quantitative estimate of drug-likeness (QED) is 0.869. The van der Waals surface area contributed by atoms with E-state index in [4.69, 9.17) is 0 Å². The summed E-state index contributed by atoms with van der Waals surface area (Å²) in [6, 6.07) is 4.71. The number of aromatic nitrogens is 4. The van der Waals surface area contributed by atoms with E-state index < -0.39 is 0 Å². The molecule has 1 fully saturated rings. The molecule has 24 heavy (non-hydrogen) atoms. The summed E-state index contributed by atoms with van der Waals surface area (Å²) < 4.78 is 0. The Labute approximate surface area is 143 Å². The molecule has 0 spiro atoms. The van der Waals surface area contributed by atoms with Gasteiger partial charge in [-0.15, -0.1) is 0 Å². The first-order chi connectivity index (χ1) is 11.5. The predicted molar refractivity (Wildman–Crippen MR) is 96.5 cm³/mol.